The van der Waals surface area contributed by atoms with E-state index in [-0.39, 0.29) is 17.1 Å². The fraction of sp³-hybridized carbons (Fsp3) is 0. The van der Waals surface area contributed by atoms with Crippen molar-refractivity contribution >= 4 is 59.9 Å². The predicted octanol–water partition coefficient (Wildman–Crippen LogP) is 15.9. The van der Waals surface area contributed by atoms with E-state index in [9.17, 15) is 34.5 Å². The van der Waals surface area contributed by atoms with Crippen molar-refractivity contribution in [2.75, 3.05) is 0 Å². The van der Waals surface area contributed by atoms with Gasteiger partial charge in [-0.2, -0.15) is 0 Å². The van der Waals surface area contributed by atoms with Crippen LogP contribution in [-0.4, -0.2) is 44.4 Å². The van der Waals surface area contributed by atoms with Crippen LogP contribution in [0.2, 0.25) is 0 Å². The smallest absolute Gasteiger partial charge is 0.418 e. The van der Waals surface area contributed by atoms with Gasteiger partial charge in [-0.05, 0) is 131 Å². The van der Waals surface area contributed by atoms with Crippen LogP contribution in [0.25, 0.3) is 85.9 Å². The first kappa shape index (κ1) is 50.2. The second-order valence-electron chi connectivity index (χ2n) is 13.4. The Balaban J connectivity index is 0.000000182. The zero-order valence-corrected chi connectivity index (χ0v) is 38.5. The average Bonchev–Trinajstić information content (AvgIpc) is 4.18. The zero-order chi connectivity index (χ0) is 46.5. The van der Waals surface area contributed by atoms with Crippen molar-refractivity contribution in [3.05, 3.63) is 181 Å². The van der Waals surface area contributed by atoms with Gasteiger partial charge in [0, 0.05) is 54.1 Å². The van der Waals surface area contributed by atoms with Crippen LogP contribution < -0.4 is 0 Å². The predicted molar refractivity (Wildman–Crippen MR) is 255 cm³/mol. The Labute approximate surface area is 405 Å². The number of aromatic nitrogens is 6. The second-order valence-corrected chi connectivity index (χ2v) is 17.4. The van der Waals surface area contributed by atoms with Crippen LogP contribution in [0.5, 0.6) is 0 Å². The van der Waals surface area contributed by atoms with Gasteiger partial charge in [0.2, 0.25) is 0 Å². The number of halogens is 8. The summed E-state index contributed by atoms with van der Waals surface area (Å²) in [4.78, 5) is 35.2. The molecule has 0 unspecified atom stereocenters. The number of hydrogen-bond acceptors (Lipinski definition) is 10. The summed E-state index contributed by atoms with van der Waals surface area (Å²) in [6.07, 6.45) is 7.18. The van der Waals surface area contributed by atoms with Crippen molar-refractivity contribution in [3.8, 4) is 85.9 Å². The summed E-state index contributed by atoms with van der Waals surface area (Å²) in [5.74, 6) is 0. The third-order valence-electron chi connectivity index (χ3n) is 8.67. The first-order chi connectivity index (χ1) is 31.7. The van der Waals surface area contributed by atoms with E-state index >= 15 is 0 Å². The SMILES string of the molecule is F[B-](F)(F)F.F[B-](F)(F)F.[Fe+2].c1ccc(-c2cc(-c3ccc(-c4cccs4)s3)cc(-c3ccccn3)n2)nc1.c1ccc(-c2cc(-c3ccc(-c4cccs4)s3)cc(-c3ccccn3)n2)nc1. The van der Waals surface area contributed by atoms with E-state index in [0.29, 0.717) is 0 Å². The minimum Gasteiger partial charge on any atom is -0.418 e. The molecule has 0 saturated carbocycles. The zero-order valence-electron chi connectivity index (χ0n) is 34.2. The molecule has 0 atom stereocenters. The molecule has 0 aliphatic rings. The number of nitrogens with zero attached hydrogens (tertiary/aromatic N) is 6. The van der Waals surface area contributed by atoms with Gasteiger partial charge in [0.25, 0.3) is 0 Å². The summed E-state index contributed by atoms with van der Waals surface area (Å²) < 4.78 is 78.0. The Morgan fingerprint density at radius 3 is 0.836 bits per heavy atom. The minimum atomic E-state index is -6.00. The topological polar surface area (TPSA) is 77.3 Å². The van der Waals surface area contributed by atoms with Gasteiger partial charge in [-0.15, -0.1) is 45.3 Å². The first-order valence-electron chi connectivity index (χ1n) is 19.5. The van der Waals surface area contributed by atoms with Crippen LogP contribution in [0.3, 0.4) is 0 Å². The van der Waals surface area contributed by atoms with Crippen molar-refractivity contribution in [2.24, 2.45) is 0 Å². The summed E-state index contributed by atoms with van der Waals surface area (Å²) in [6, 6.07) is 49.2. The van der Waals surface area contributed by atoms with E-state index in [1.165, 1.54) is 29.3 Å². The van der Waals surface area contributed by atoms with Gasteiger partial charge in [0.15, 0.2) is 0 Å². The largest absolute Gasteiger partial charge is 2.00 e. The van der Waals surface area contributed by atoms with Crippen LogP contribution in [0, 0.1) is 0 Å². The molecule has 338 valence electrons. The van der Waals surface area contributed by atoms with E-state index in [1.54, 1.807) is 70.1 Å². The summed E-state index contributed by atoms with van der Waals surface area (Å²) in [5.41, 5.74) is 9.10. The van der Waals surface area contributed by atoms with Gasteiger partial charge < -0.3 is 34.5 Å². The van der Waals surface area contributed by atoms with Crippen LogP contribution in [0.1, 0.15) is 0 Å². The van der Waals surface area contributed by atoms with Crippen molar-refractivity contribution in [1.29, 1.82) is 0 Å². The van der Waals surface area contributed by atoms with Gasteiger partial charge in [0.05, 0.1) is 45.6 Å². The Hall–Kier alpha value is -6.21. The number of hydrogen-bond donors (Lipinski definition) is 0. The maximum Gasteiger partial charge on any atom is 2.00 e. The van der Waals surface area contributed by atoms with Crippen molar-refractivity contribution in [1.82, 2.24) is 29.9 Å². The Kier molecular flexibility index (Phi) is 17.6. The molecule has 10 heterocycles. The second kappa shape index (κ2) is 23.5. The van der Waals surface area contributed by atoms with E-state index in [4.69, 9.17) is 9.97 Å². The summed E-state index contributed by atoms with van der Waals surface area (Å²) in [7, 11) is -12.0. The number of thiophene rings is 4. The van der Waals surface area contributed by atoms with Crippen molar-refractivity contribution in [3.63, 3.8) is 0 Å². The fourth-order valence-electron chi connectivity index (χ4n) is 6.02. The van der Waals surface area contributed by atoms with Gasteiger partial charge in [-0.25, -0.2) is 9.97 Å². The molecule has 0 bridgehead atoms. The Morgan fingerprint density at radius 2 is 0.597 bits per heavy atom. The average molecular weight is 1020 g/mol. The number of rotatable bonds is 8. The molecule has 21 heteroatoms. The van der Waals surface area contributed by atoms with Crippen LogP contribution in [-0.2, 0) is 17.1 Å². The van der Waals surface area contributed by atoms with E-state index in [2.05, 4.69) is 103 Å². The molecule has 0 aromatic carbocycles. The molecule has 10 aromatic heterocycles. The van der Waals surface area contributed by atoms with Crippen molar-refractivity contribution in [2.45, 2.75) is 0 Å². The number of pyridine rings is 6. The van der Waals surface area contributed by atoms with Crippen LogP contribution in [0.4, 0.5) is 34.5 Å². The summed E-state index contributed by atoms with van der Waals surface area (Å²) >= 11 is 7.11. The third-order valence-corrected chi connectivity index (χ3v) is 13.1. The minimum absolute atomic E-state index is 0. The first-order valence-corrected chi connectivity index (χ1v) is 22.9. The molecule has 0 aliphatic carbocycles. The van der Waals surface area contributed by atoms with E-state index < -0.39 is 14.5 Å². The summed E-state index contributed by atoms with van der Waals surface area (Å²) in [6.45, 7) is 0. The molecular formula is C46H30B2F8FeN6S4. The van der Waals surface area contributed by atoms with E-state index in [1.807, 2.05) is 72.8 Å². The molecule has 0 spiro atoms. The molecule has 6 nitrogen and oxygen atoms in total. The molecule has 0 amide bonds. The molecule has 10 rings (SSSR count). The maximum atomic E-state index is 9.75. The quantitative estimate of drug-likeness (QED) is 0.111. The fourth-order valence-corrected chi connectivity index (χ4v) is 9.67. The normalized spacial score (nSPS) is 10.9. The molecule has 0 fully saturated rings. The Morgan fingerprint density at radius 1 is 0.313 bits per heavy atom. The molecular weight excluding hydrogens is 994 g/mol. The molecule has 67 heavy (non-hydrogen) atoms. The third kappa shape index (κ3) is 15.4. The summed E-state index contributed by atoms with van der Waals surface area (Å²) in [5, 5.41) is 4.22. The van der Waals surface area contributed by atoms with Gasteiger partial charge in [0.1, 0.15) is 0 Å². The molecule has 10 aromatic rings. The monoisotopic (exact) mass is 1020 g/mol. The Bertz CT molecular complexity index is 2700. The van der Waals surface area contributed by atoms with Crippen LogP contribution >= 0.6 is 45.3 Å². The standard InChI is InChI=1S/2C23H15N3S2.2BF4.Fe/c2*1-3-11-24-17(6-1)19-14-16(15-20(26-19)18-7-2-4-12-25-18)21-9-10-23(28-21)22-8-5-13-27-22;2*2-1(3,4)5;/h2*1-15H;;;/q;;2*-1;+2. The molecule has 0 N–H and O–H groups in total. The van der Waals surface area contributed by atoms with Crippen molar-refractivity contribution < 1.29 is 51.6 Å². The molecule has 0 saturated heterocycles. The molecule has 0 radical (unpaired) electrons. The van der Waals surface area contributed by atoms with Crippen LogP contribution in [0.15, 0.2) is 181 Å². The van der Waals surface area contributed by atoms with E-state index in [0.717, 1.165) is 56.7 Å². The van der Waals surface area contributed by atoms with Gasteiger partial charge >= 0.3 is 31.6 Å². The van der Waals surface area contributed by atoms with Gasteiger partial charge in [-0.1, -0.05) is 36.4 Å². The molecule has 0 aliphatic heterocycles. The maximum absolute atomic E-state index is 9.75. The van der Waals surface area contributed by atoms with Gasteiger partial charge in [-0.3, -0.25) is 19.9 Å².